The van der Waals surface area contributed by atoms with Crippen LogP contribution in [0.2, 0.25) is 0 Å². The minimum atomic E-state index is -2.08. The van der Waals surface area contributed by atoms with Crippen LogP contribution in [0.1, 0.15) is 45.6 Å². The molecule has 1 atom stereocenters. The van der Waals surface area contributed by atoms with Gasteiger partial charge in [0, 0.05) is 11.3 Å². The average Bonchev–Trinajstić information content (AvgIpc) is 3.06. The summed E-state index contributed by atoms with van der Waals surface area (Å²) in [7, 11) is 0. The molecule has 3 N–H and O–H groups in total. The van der Waals surface area contributed by atoms with E-state index < -0.39 is 35.7 Å². The third kappa shape index (κ3) is 4.23. The maximum atomic E-state index is 13.6. The van der Waals surface area contributed by atoms with Crippen molar-refractivity contribution in [2.24, 2.45) is 5.73 Å². The predicted molar refractivity (Wildman–Crippen MR) is 120 cm³/mol. The molecule has 0 aromatic heterocycles. The lowest BCUT2D eigenvalue weighted by atomic mass is 9.66. The lowest BCUT2D eigenvalue weighted by molar-refractivity contribution is -0.148. The smallest absolute Gasteiger partial charge is 0.339 e. The van der Waals surface area contributed by atoms with Gasteiger partial charge in [0.15, 0.2) is 5.41 Å². The number of benzene rings is 1. The lowest BCUT2D eigenvalue weighted by Gasteiger charge is -2.35. The molecule has 3 rings (SSSR count). The minimum Gasteiger partial charge on any atom is -0.466 e. The topological polar surface area (TPSA) is 143 Å². The Labute approximate surface area is 197 Å². The maximum Gasteiger partial charge on any atom is 0.339 e. The number of fused-ring (bicyclic) bond motifs is 2. The highest BCUT2D eigenvalue weighted by atomic mass is 16.6. The first-order valence-electron chi connectivity index (χ1n) is 11.1. The number of ether oxygens (including phenoxy) is 4. The summed E-state index contributed by atoms with van der Waals surface area (Å²) < 4.78 is 21.1. The van der Waals surface area contributed by atoms with Crippen molar-refractivity contribution in [2.75, 3.05) is 25.1 Å². The summed E-state index contributed by atoms with van der Waals surface area (Å²) in [5.41, 5.74) is 4.20. The van der Waals surface area contributed by atoms with Gasteiger partial charge >= 0.3 is 23.9 Å². The Bertz CT molecular complexity index is 1070. The second-order valence-electron chi connectivity index (χ2n) is 7.59. The minimum absolute atomic E-state index is 0.0192. The van der Waals surface area contributed by atoms with Gasteiger partial charge in [0.1, 0.15) is 29.1 Å². The molecule has 2 aliphatic heterocycles. The van der Waals surface area contributed by atoms with E-state index in [1.54, 1.807) is 38.1 Å². The van der Waals surface area contributed by atoms with Crippen molar-refractivity contribution in [3.63, 3.8) is 0 Å². The highest BCUT2D eigenvalue weighted by Gasteiger charge is 2.63. The molecule has 2 aliphatic rings. The maximum absolute atomic E-state index is 13.6. The number of nitrogens with one attached hydrogen (secondary N) is 1. The van der Waals surface area contributed by atoms with Gasteiger partial charge < -0.3 is 30.0 Å². The molecule has 0 unspecified atom stereocenters. The van der Waals surface area contributed by atoms with Gasteiger partial charge in [0.2, 0.25) is 0 Å². The van der Waals surface area contributed by atoms with Crippen molar-refractivity contribution in [1.29, 1.82) is 0 Å². The van der Waals surface area contributed by atoms with E-state index in [-0.39, 0.29) is 48.1 Å². The van der Waals surface area contributed by atoms with Crippen LogP contribution in [0.5, 0.6) is 0 Å². The molecule has 0 radical (unpaired) electrons. The summed E-state index contributed by atoms with van der Waals surface area (Å²) in [5, 5.41) is 2.90. The van der Waals surface area contributed by atoms with Crippen LogP contribution in [0, 0.1) is 0 Å². The summed E-state index contributed by atoms with van der Waals surface area (Å²) in [6.45, 7) is 5.31. The zero-order valence-corrected chi connectivity index (χ0v) is 19.4. The number of carbonyl (C=O) groups excluding carboxylic acids is 4. The zero-order chi connectivity index (χ0) is 24.9. The van der Waals surface area contributed by atoms with Crippen LogP contribution in [0.25, 0.3) is 0 Å². The highest BCUT2D eigenvalue weighted by molar-refractivity contribution is 6.16. The monoisotopic (exact) mass is 472 g/mol. The van der Waals surface area contributed by atoms with Crippen molar-refractivity contribution in [1.82, 2.24) is 0 Å². The largest absolute Gasteiger partial charge is 0.466 e. The van der Waals surface area contributed by atoms with Crippen molar-refractivity contribution < 1.29 is 38.1 Å². The number of cyclic esters (lactones) is 1. The number of rotatable bonds is 9. The quantitative estimate of drug-likeness (QED) is 0.312. The Balaban J connectivity index is 2.29. The van der Waals surface area contributed by atoms with Crippen LogP contribution in [0.4, 0.5) is 5.69 Å². The Morgan fingerprint density at radius 3 is 2.35 bits per heavy atom. The number of carbonyl (C=O) groups is 4. The molecular formula is C24H28N2O8. The molecular weight excluding hydrogens is 444 g/mol. The molecule has 2 heterocycles. The van der Waals surface area contributed by atoms with Crippen molar-refractivity contribution in [2.45, 2.75) is 45.4 Å². The van der Waals surface area contributed by atoms with E-state index in [4.69, 9.17) is 24.7 Å². The van der Waals surface area contributed by atoms with Crippen molar-refractivity contribution in [3.8, 4) is 0 Å². The predicted octanol–water partition coefficient (Wildman–Crippen LogP) is 2.19. The average molecular weight is 472 g/mol. The molecule has 1 aromatic carbocycles. The fraction of sp³-hybridized carbons (Fsp3) is 0.417. The van der Waals surface area contributed by atoms with Crippen LogP contribution < -0.4 is 11.1 Å². The number of para-hydroxylation sites is 1. The summed E-state index contributed by atoms with van der Waals surface area (Å²) in [6.07, 6.45) is 0.853. The molecule has 0 saturated heterocycles. The van der Waals surface area contributed by atoms with Gasteiger partial charge in [-0.1, -0.05) is 31.5 Å². The lowest BCUT2D eigenvalue weighted by Crippen LogP contribution is -2.47. The van der Waals surface area contributed by atoms with Crippen LogP contribution in [-0.4, -0.2) is 43.7 Å². The van der Waals surface area contributed by atoms with Gasteiger partial charge in [0.25, 0.3) is 0 Å². The molecule has 0 aliphatic carbocycles. The number of unbranched alkanes of at least 4 members (excludes halogenated alkanes) is 1. The van der Waals surface area contributed by atoms with Gasteiger partial charge in [-0.05, 0) is 26.3 Å². The molecule has 34 heavy (non-hydrogen) atoms. The number of hydrogen-bond acceptors (Lipinski definition) is 10. The second-order valence-corrected chi connectivity index (χ2v) is 7.59. The fourth-order valence-electron chi connectivity index (χ4n) is 4.07. The Kier molecular flexibility index (Phi) is 7.60. The standard InChI is InChI=1S/C24H28N2O8/c1-4-7-12-33-22(29)19-20(25)26-15-11-9-8-10-14(15)24(19)18(21(28)32-6-3)16(34-23(24)30)13-17(27)31-5-2/h8-11,26H,4-7,12-13,25H2,1-3H3/t24-/m1/s1. The molecule has 10 nitrogen and oxygen atoms in total. The summed E-state index contributed by atoms with van der Waals surface area (Å²) >= 11 is 0. The number of nitrogens with two attached hydrogens (primary N) is 1. The molecule has 1 aromatic rings. The number of anilines is 1. The van der Waals surface area contributed by atoms with Crippen molar-refractivity contribution in [3.05, 3.63) is 52.6 Å². The van der Waals surface area contributed by atoms with Gasteiger partial charge in [-0.2, -0.15) is 0 Å². The van der Waals surface area contributed by atoms with Gasteiger partial charge in [-0.25, -0.2) is 14.4 Å². The SMILES string of the molecule is CCCCOC(=O)C1=C(N)Nc2ccccc2[C@]12C(=O)OC(CC(=O)OCC)=C2C(=O)OCC. The van der Waals surface area contributed by atoms with Crippen LogP contribution in [-0.2, 0) is 43.5 Å². The second kappa shape index (κ2) is 10.4. The molecule has 182 valence electrons. The van der Waals surface area contributed by atoms with Crippen molar-refractivity contribution >= 4 is 29.6 Å². The molecule has 10 heteroatoms. The van der Waals surface area contributed by atoms with E-state index in [0.29, 0.717) is 12.1 Å². The summed E-state index contributed by atoms with van der Waals surface area (Å²) in [5.74, 6) is -3.91. The number of esters is 4. The summed E-state index contributed by atoms with van der Waals surface area (Å²) in [4.78, 5) is 52.4. The van der Waals surface area contributed by atoms with E-state index >= 15 is 0 Å². The summed E-state index contributed by atoms with van der Waals surface area (Å²) in [6, 6.07) is 6.55. The van der Waals surface area contributed by atoms with E-state index in [0.717, 1.165) is 6.42 Å². The Morgan fingerprint density at radius 2 is 1.68 bits per heavy atom. The van der Waals surface area contributed by atoms with Gasteiger partial charge in [0.05, 0.1) is 19.8 Å². The normalized spacial score (nSPS) is 18.9. The molecule has 0 saturated carbocycles. The molecule has 1 spiro atoms. The zero-order valence-electron chi connectivity index (χ0n) is 19.4. The fourth-order valence-corrected chi connectivity index (χ4v) is 4.07. The first-order chi connectivity index (χ1) is 16.3. The van der Waals surface area contributed by atoms with E-state index in [9.17, 15) is 19.2 Å². The van der Waals surface area contributed by atoms with Gasteiger partial charge in [-0.15, -0.1) is 0 Å². The van der Waals surface area contributed by atoms with E-state index in [1.807, 2.05) is 6.92 Å². The van der Waals surface area contributed by atoms with E-state index in [2.05, 4.69) is 5.32 Å². The van der Waals surface area contributed by atoms with Crippen LogP contribution >= 0.6 is 0 Å². The first kappa shape index (κ1) is 24.8. The van der Waals surface area contributed by atoms with Crippen LogP contribution in [0.3, 0.4) is 0 Å². The molecule has 0 amide bonds. The van der Waals surface area contributed by atoms with Gasteiger partial charge in [-0.3, -0.25) is 4.79 Å². The Morgan fingerprint density at radius 1 is 1.00 bits per heavy atom. The molecule has 0 bridgehead atoms. The first-order valence-corrected chi connectivity index (χ1v) is 11.1. The molecule has 0 fully saturated rings. The number of hydrogen-bond donors (Lipinski definition) is 2. The third-order valence-corrected chi connectivity index (χ3v) is 5.45. The highest BCUT2D eigenvalue weighted by Crippen LogP contribution is 2.53. The van der Waals surface area contributed by atoms with Crippen LogP contribution in [0.15, 0.2) is 47.0 Å². The Hall–Kier alpha value is -3.82. The van der Waals surface area contributed by atoms with E-state index in [1.165, 1.54) is 0 Å². The third-order valence-electron chi connectivity index (χ3n) is 5.45.